The van der Waals surface area contributed by atoms with E-state index in [1.807, 2.05) is 6.92 Å². The molecule has 0 atom stereocenters. The van der Waals surface area contributed by atoms with Gasteiger partial charge in [0.2, 0.25) is 10.0 Å². The molecule has 0 bridgehead atoms. The van der Waals surface area contributed by atoms with Gasteiger partial charge in [0.15, 0.2) is 0 Å². The van der Waals surface area contributed by atoms with Crippen molar-refractivity contribution in [1.29, 1.82) is 0 Å². The number of carbonyl (C=O) groups is 1. The number of carbonyl (C=O) groups excluding carboxylic acids is 1. The molecule has 0 saturated heterocycles. The Morgan fingerprint density at radius 3 is 2.59 bits per heavy atom. The first-order chi connectivity index (χ1) is 7.96. The number of sulfonamides is 1. The molecule has 17 heavy (non-hydrogen) atoms. The Balaban J connectivity index is 2.94. The zero-order valence-electron chi connectivity index (χ0n) is 9.64. The van der Waals surface area contributed by atoms with Gasteiger partial charge in [-0.1, -0.05) is 25.5 Å². The van der Waals surface area contributed by atoms with Gasteiger partial charge in [-0.25, -0.2) is 13.6 Å². The number of amides is 1. The summed E-state index contributed by atoms with van der Waals surface area (Å²) in [6.07, 6.45) is 1.81. The fourth-order valence-electron chi connectivity index (χ4n) is 1.38. The van der Waals surface area contributed by atoms with E-state index >= 15 is 0 Å². The highest BCUT2D eigenvalue weighted by molar-refractivity contribution is 7.89. The van der Waals surface area contributed by atoms with Gasteiger partial charge in [-0.3, -0.25) is 4.79 Å². The van der Waals surface area contributed by atoms with E-state index in [0.717, 1.165) is 12.8 Å². The van der Waals surface area contributed by atoms with Gasteiger partial charge in [0.1, 0.15) is 0 Å². The van der Waals surface area contributed by atoms with E-state index in [1.165, 1.54) is 18.2 Å². The lowest BCUT2D eigenvalue weighted by Crippen LogP contribution is -2.27. The van der Waals surface area contributed by atoms with Crippen LogP contribution in [0.15, 0.2) is 29.2 Å². The van der Waals surface area contributed by atoms with Gasteiger partial charge in [0, 0.05) is 6.54 Å². The van der Waals surface area contributed by atoms with Crippen molar-refractivity contribution < 1.29 is 13.2 Å². The summed E-state index contributed by atoms with van der Waals surface area (Å²) < 4.78 is 22.6. The van der Waals surface area contributed by atoms with Crippen molar-refractivity contribution in [2.24, 2.45) is 5.14 Å². The van der Waals surface area contributed by atoms with E-state index < -0.39 is 15.9 Å². The summed E-state index contributed by atoms with van der Waals surface area (Å²) in [4.78, 5) is 11.6. The molecule has 0 aromatic heterocycles. The molecule has 0 aliphatic carbocycles. The summed E-state index contributed by atoms with van der Waals surface area (Å²) in [6, 6.07) is 5.90. The van der Waals surface area contributed by atoms with Crippen molar-refractivity contribution in [3.63, 3.8) is 0 Å². The van der Waals surface area contributed by atoms with Gasteiger partial charge < -0.3 is 5.32 Å². The largest absolute Gasteiger partial charge is 0.352 e. The zero-order chi connectivity index (χ0) is 12.9. The Bertz CT molecular complexity index is 497. The second kappa shape index (κ2) is 5.79. The van der Waals surface area contributed by atoms with Crippen LogP contribution in [0.2, 0.25) is 0 Å². The molecule has 0 saturated carbocycles. The maximum absolute atomic E-state index is 11.8. The number of unbranched alkanes of at least 4 members (excludes halogenated alkanes) is 1. The molecule has 0 fully saturated rings. The Labute approximate surface area is 101 Å². The van der Waals surface area contributed by atoms with Gasteiger partial charge in [-0.2, -0.15) is 0 Å². The van der Waals surface area contributed by atoms with Gasteiger partial charge >= 0.3 is 0 Å². The molecule has 1 amide bonds. The molecule has 6 heteroatoms. The SMILES string of the molecule is CCCCNC(=O)c1ccccc1S(N)(=O)=O. The Morgan fingerprint density at radius 1 is 1.35 bits per heavy atom. The summed E-state index contributed by atoms with van der Waals surface area (Å²) in [5.74, 6) is -0.414. The lowest BCUT2D eigenvalue weighted by Gasteiger charge is -2.08. The average molecular weight is 256 g/mol. The minimum atomic E-state index is -3.87. The summed E-state index contributed by atoms with van der Waals surface area (Å²) in [5, 5.41) is 7.70. The highest BCUT2D eigenvalue weighted by atomic mass is 32.2. The quantitative estimate of drug-likeness (QED) is 0.766. The molecule has 0 unspecified atom stereocenters. The van der Waals surface area contributed by atoms with Gasteiger partial charge in [0.25, 0.3) is 5.91 Å². The molecule has 3 N–H and O–H groups in total. The minimum absolute atomic E-state index is 0.0890. The molecule has 1 rings (SSSR count). The van der Waals surface area contributed by atoms with Crippen LogP contribution in [0.5, 0.6) is 0 Å². The van der Waals surface area contributed by atoms with Crippen LogP contribution in [0.3, 0.4) is 0 Å². The Kier molecular flexibility index (Phi) is 4.65. The third-order valence-corrected chi connectivity index (χ3v) is 3.22. The number of hydrogen-bond acceptors (Lipinski definition) is 3. The summed E-state index contributed by atoms with van der Waals surface area (Å²) >= 11 is 0. The van der Waals surface area contributed by atoms with E-state index in [1.54, 1.807) is 6.07 Å². The monoisotopic (exact) mass is 256 g/mol. The second-order valence-corrected chi connectivity index (χ2v) is 5.18. The number of primary sulfonamides is 1. The van der Waals surface area contributed by atoms with Crippen LogP contribution >= 0.6 is 0 Å². The predicted octanol–water partition coefficient (Wildman–Crippen LogP) is 0.864. The maximum Gasteiger partial charge on any atom is 0.252 e. The third-order valence-electron chi connectivity index (χ3n) is 2.25. The smallest absolute Gasteiger partial charge is 0.252 e. The van der Waals surface area contributed by atoms with E-state index in [9.17, 15) is 13.2 Å². The molecule has 94 valence electrons. The number of benzene rings is 1. The minimum Gasteiger partial charge on any atom is -0.352 e. The van der Waals surface area contributed by atoms with Crippen LogP contribution < -0.4 is 10.5 Å². The number of hydrogen-bond donors (Lipinski definition) is 2. The molecule has 1 aromatic carbocycles. The number of nitrogens with one attached hydrogen (secondary N) is 1. The highest BCUT2D eigenvalue weighted by Gasteiger charge is 2.17. The molecular weight excluding hydrogens is 240 g/mol. The molecule has 0 radical (unpaired) electrons. The molecular formula is C11H16N2O3S. The van der Waals surface area contributed by atoms with Crippen molar-refractivity contribution in [3.05, 3.63) is 29.8 Å². The van der Waals surface area contributed by atoms with Crippen LogP contribution in [0.25, 0.3) is 0 Å². The topological polar surface area (TPSA) is 89.3 Å². The fourth-order valence-corrected chi connectivity index (χ4v) is 2.11. The standard InChI is InChI=1S/C11H16N2O3S/c1-2-3-8-13-11(14)9-6-4-5-7-10(9)17(12,15)16/h4-7H,2-3,8H2,1H3,(H,13,14)(H2,12,15,16). The highest BCUT2D eigenvalue weighted by Crippen LogP contribution is 2.13. The lowest BCUT2D eigenvalue weighted by molar-refractivity contribution is 0.0950. The molecule has 0 spiro atoms. The van der Waals surface area contributed by atoms with Gasteiger partial charge in [-0.15, -0.1) is 0 Å². The maximum atomic E-state index is 11.8. The Hall–Kier alpha value is -1.40. The number of rotatable bonds is 5. The van der Waals surface area contributed by atoms with E-state index in [4.69, 9.17) is 5.14 Å². The lowest BCUT2D eigenvalue weighted by atomic mass is 10.2. The predicted molar refractivity (Wildman–Crippen MR) is 65.1 cm³/mol. The van der Waals surface area contributed by atoms with E-state index in [0.29, 0.717) is 6.54 Å². The summed E-state index contributed by atoms with van der Waals surface area (Å²) in [5.41, 5.74) is 0.0890. The summed E-state index contributed by atoms with van der Waals surface area (Å²) in [7, 11) is -3.87. The average Bonchev–Trinajstić information content (AvgIpc) is 2.28. The van der Waals surface area contributed by atoms with E-state index in [2.05, 4.69) is 5.32 Å². The van der Waals surface area contributed by atoms with Crippen LogP contribution in [0.4, 0.5) is 0 Å². The Morgan fingerprint density at radius 2 is 2.00 bits per heavy atom. The van der Waals surface area contributed by atoms with Crippen molar-refractivity contribution in [1.82, 2.24) is 5.32 Å². The van der Waals surface area contributed by atoms with Crippen LogP contribution in [-0.4, -0.2) is 20.9 Å². The fraction of sp³-hybridized carbons (Fsp3) is 0.364. The second-order valence-electron chi connectivity index (χ2n) is 3.65. The molecule has 1 aromatic rings. The summed E-state index contributed by atoms with van der Waals surface area (Å²) in [6.45, 7) is 2.53. The van der Waals surface area contributed by atoms with Gasteiger partial charge in [0.05, 0.1) is 10.5 Å². The van der Waals surface area contributed by atoms with Crippen molar-refractivity contribution in [2.75, 3.05) is 6.54 Å². The van der Waals surface area contributed by atoms with Crippen LogP contribution in [0.1, 0.15) is 30.1 Å². The first kappa shape index (κ1) is 13.7. The van der Waals surface area contributed by atoms with Crippen LogP contribution in [-0.2, 0) is 10.0 Å². The zero-order valence-corrected chi connectivity index (χ0v) is 10.5. The van der Waals surface area contributed by atoms with Crippen LogP contribution in [0, 0.1) is 0 Å². The normalized spacial score (nSPS) is 11.2. The molecule has 0 aliphatic heterocycles. The molecule has 5 nitrogen and oxygen atoms in total. The van der Waals surface area contributed by atoms with Crippen molar-refractivity contribution in [2.45, 2.75) is 24.7 Å². The van der Waals surface area contributed by atoms with E-state index in [-0.39, 0.29) is 10.5 Å². The number of nitrogens with two attached hydrogens (primary N) is 1. The first-order valence-electron chi connectivity index (χ1n) is 5.37. The molecule has 0 heterocycles. The first-order valence-corrected chi connectivity index (χ1v) is 6.91. The third kappa shape index (κ3) is 3.83. The van der Waals surface area contributed by atoms with Gasteiger partial charge in [-0.05, 0) is 18.6 Å². The van der Waals surface area contributed by atoms with Crippen molar-refractivity contribution >= 4 is 15.9 Å². The van der Waals surface area contributed by atoms with Crippen molar-refractivity contribution in [3.8, 4) is 0 Å². The molecule has 0 aliphatic rings.